The maximum absolute atomic E-state index is 12.7. The summed E-state index contributed by atoms with van der Waals surface area (Å²) in [5, 5.41) is 11.8. The third kappa shape index (κ3) is 6.71. The molecule has 212 valence electrons. The van der Waals surface area contributed by atoms with E-state index in [0.29, 0.717) is 66.9 Å². The Kier molecular flexibility index (Phi) is 9.13. The van der Waals surface area contributed by atoms with Crippen molar-refractivity contribution in [3.8, 4) is 23.0 Å². The summed E-state index contributed by atoms with van der Waals surface area (Å²) in [6, 6.07) is 6.22. The molecule has 0 radical (unpaired) electrons. The third-order valence-electron chi connectivity index (χ3n) is 6.63. The van der Waals surface area contributed by atoms with Gasteiger partial charge in [-0.15, -0.1) is 12.6 Å². The van der Waals surface area contributed by atoms with Crippen molar-refractivity contribution in [2.75, 3.05) is 52.3 Å². The standard InChI is InChI=1S/C17H24N2O5S.C9H8O4S/c1-3-25(21,22)13-9-14(16-15(10-13)23-7-8-24-16)17(20)18-11-12-5-4-6-19(12)2;10-9(11)6-3-5(14)4-7-8(6)13-2-1-12-7/h9-10,12H,3-8,11H2,1-2H3,(H,18,20);3-4,14H,1-2H2,(H,10,11). The number of ether oxygens (including phenoxy) is 4. The number of carboxylic acids is 1. The van der Waals surface area contributed by atoms with Gasteiger partial charge >= 0.3 is 5.97 Å². The molecule has 1 amide bonds. The summed E-state index contributed by atoms with van der Waals surface area (Å²) in [6.07, 6.45) is 2.16. The average molecular weight is 581 g/mol. The van der Waals surface area contributed by atoms with Crippen molar-refractivity contribution in [3.63, 3.8) is 0 Å². The second-order valence-electron chi connectivity index (χ2n) is 9.21. The number of fused-ring (bicyclic) bond motifs is 2. The molecule has 3 aliphatic rings. The fourth-order valence-electron chi connectivity index (χ4n) is 4.48. The second-order valence-corrected chi connectivity index (χ2v) is 12.0. The van der Waals surface area contributed by atoms with Gasteiger partial charge in [0.1, 0.15) is 32.0 Å². The SMILES string of the molecule is CCS(=O)(=O)c1cc2c(c(C(=O)NCC3CCCN3C)c1)OCCO2.O=C(O)c1cc(S)cc2c1OCCO2. The number of nitrogens with one attached hydrogen (secondary N) is 1. The average Bonchev–Trinajstić information content (AvgIpc) is 3.35. The number of hydrogen-bond acceptors (Lipinski definition) is 10. The molecule has 2 aromatic rings. The molecule has 3 heterocycles. The van der Waals surface area contributed by atoms with E-state index in [4.69, 9.17) is 24.1 Å². The van der Waals surface area contributed by atoms with Crippen molar-refractivity contribution in [1.82, 2.24) is 10.2 Å². The van der Waals surface area contributed by atoms with Crippen molar-refractivity contribution in [3.05, 3.63) is 35.4 Å². The number of amides is 1. The zero-order valence-corrected chi connectivity index (χ0v) is 23.5. The number of carboxylic acid groups (broad SMARTS) is 1. The molecule has 11 nitrogen and oxygen atoms in total. The maximum atomic E-state index is 12.7. The molecule has 1 atom stereocenters. The van der Waals surface area contributed by atoms with Gasteiger partial charge in [0.05, 0.1) is 16.2 Å². The fraction of sp³-hybridized carbons (Fsp3) is 0.462. The first-order valence-corrected chi connectivity index (χ1v) is 14.7. The molecule has 3 aliphatic heterocycles. The van der Waals surface area contributed by atoms with E-state index >= 15 is 0 Å². The van der Waals surface area contributed by atoms with Crippen molar-refractivity contribution in [2.24, 2.45) is 0 Å². The number of carbonyl (C=O) groups is 2. The molecular formula is C26H32N2O9S2. The van der Waals surface area contributed by atoms with Crippen LogP contribution in [0.4, 0.5) is 0 Å². The van der Waals surface area contributed by atoms with Crippen LogP contribution in [0.15, 0.2) is 34.1 Å². The lowest BCUT2D eigenvalue weighted by Crippen LogP contribution is -2.38. The van der Waals surface area contributed by atoms with E-state index in [1.54, 1.807) is 13.0 Å². The topological polar surface area (TPSA) is 141 Å². The number of sulfone groups is 1. The number of thiol groups is 1. The Bertz CT molecular complexity index is 1350. The Hall–Kier alpha value is -3.16. The number of carbonyl (C=O) groups excluding carboxylic acids is 1. The number of benzene rings is 2. The van der Waals surface area contributed by atoms with Gasteiger partial charge in [-0.05, 0) is 44.6 Å². The molecule has 5 rings (SSSR count). The highest BCUT2D eigenvalue weighted by Crippen LogP contribution is 2.37. The van der Waals surface area contributed by atoms with Crippen LogP contribution in [-0.4, -0.2) is 88.7 Å². The highest BCUT2D eigenvalue weighted by molar-refractivity contribution is 7.91. The molecule has 0 saturated carbocycles. The molecule has 1 fully saturated rings. The molecule has 13 heteroatoms. The minimum atomic E-state index is -3.45. The fourth-order valence-corrected chi connectivity index (χ4v) is 5.65. The van der Waals surface area contributed by atoms with E-state index < -0.39 is 15.8 Å². The Morgan fingerprint density at radius 3 is 2.21 bits per heavy atom. The molecule has 1 unspecified atom stereocenters. The quantitative estimate of drug-likeness (QED) is 0.437. The van der Waals surface area contributed by atoms with E-state index in [1.165, 1.54) is 18.2 Å². The normalized spacial score (nSPS) is 18.1. The van der Waals surface area contributed by atoms with E-state index in [0.717, 1.165) is 19.4 Å². The van der Waals surface area contributed by atoms with E-state index in [1.807, 2.05) is 7.05 Å². The number of likely N-dealkylation sites (tertiary alicyclic amines) is 1. The van der Waals surface area contributed by atoms with Crippen LogP contribution in [0, 0.1) is 0 Å². The smallest absolute Gasteiger partial charge is 0.339 e. The van der Waals surface area contributed by atoms with Gasteiger partial charge < -0.3 is 34.3 Å². The van der Waals surface area contributed by atoms with Gasteiger partial charge in [-0.3, -0.25) is 4.79 Å². The third-order valence-corrected chi connectivity index (χ3v) is 8.60. The van der Waals surface area contributed by atoms with Crippen molar-refractivity contribution < 1.29 is 42.1 Å². The number of likely N-dealkylation sites (N-methyl/N-ethyl adjacent to an activating group) is 1. The maximum Gasteiger partial charge on any atom is 0.339 e. The molecule has 1 saturated heterocycles. The lowest BCUT2D eigenvalue weighted by atomic mass is 10.1. The van der Waals surface area contributed by atoms with Gasteiger partial charge in [0.25, 0.3) is 5.91 Å². The zero-order chi connectivity index (χ0) is 28.2. The van der Waals surface area contributed by atoms with Gasteiger partial charge in [0.2, 0.25) is 0 Å². The number of hydrogen-bond donors (Lipinski definition) is 3. The molecule has 0 bridgehead atoms. The monoisotopic (exact) mass is 580 g/mol. The molecule has 0 aromatic heterocycles. The molecule has 2 aromatic carbocycles. The van der Waals surface area contributed by atoms with Gasteiger partial charge in [-0.25, -0.2) is 13.2 Å². The largest absolute Gasteiger partial charge is 0.486 e. The first-order valence-electron chi connectivity index (χ1n) is 12.6. The molecular weight excluding hydrogens is 548 g/mol. The van der Waals surface area contributed by atoms with Crippen molar-refractivity contribution in [1.29, 1.82) is 0 Å². The summed E-state index contributed by atoms with van der Waals surface area (Å²) in [6.45, 7) is 4.59. The zero-order valence-electron chi connectivity index (χ0n) is 21.8. The van der Waals surface area contributed by atoms with Crippen LogP contribution in [0.1, 0.15) is 40.5 Å². The molecule has 0 spiro atoms. The summed E-state index contributed by atoms with van der Waals surface area (Å²) in [5.41, 5.74) is 0.303. The van der Waals surface area contributed by atoms with Gasteiger partial charge in [-0.1, -0.05) is 6.92 Å². The van der Waals surface area contributed by atoms with Crippen LogP contribution < -0.4 is 24.3 Å². The van der Waals surface area contributed by atoms with Crippen molar-refractivity contribution in [2.45, 2.75) is 35.6 Å². The van der Waals surface area contributed by atoms with Crippen LogP contribution in [0.25, 0.3) is 0 Å². The first-order chi connectivity index (χ1) is 18.6. The van der Waals surface area contributed by atoms with Crippen LogP contribution in [0.5, 0.6) is 23.0 Å². The summed E-state index contributed by atoms with van der Waals surface area (Å²) in [4.78, 5) is 26.4. The first kappa shape index (κ1) is 28.8. The predicted octanol–water partition coefficient (Wildman–Crippen LogP) is 2.52. The summed E-state index contributed by atoms with van der Waals surface area (Å²) < 4.78 is 46.1. The Labute approximate surface area is 232 Å². The molecule has 2 N–H and O–H groups in total. The second kappa shape index (κ2) is 12.3. The van der Waals surface area contributed by atoms with E-state index in [2.05, 4.69) is 22.8 Å². The Morgan fingerprint density at radius 1 is 1.00 bits per heavy atom. The number of nitrogens with zero attached hydrogens (tertiary/aromatic N) is 1. The van der Waals surface area contributed by atoms with E-state index in [9.17, 15) is 18.0 Å². The summed E-state index contributed by atoms with van der Waals surface area (Å²) in [7, 11) is -1.41. The van der Waals surface area contributed by atoms with Crippen molar-refractivity contribution >= 4 is 34.3 Å². The minimum Gasteiger partial charge on any atom is -0.486 e. The molecule has 0 aliphatic carbocycles. The van der Waals surface area contributed by atoms with Crippen LogP contribution >= 0.6 is 12.6 Å². The van der Waals surface area contributed by atoms with Crippen LogP contribution in [-0.2, 0) is 9.84 Å². The number of aromatic carboxylic acids is 1. The highest BCUT2D eigenvalue weighted by Gasteiger charge is 2.27. The van der Waals surface area contributed by atoms with Crippen LogP contribution in [0.2, 0.25) is 0 Å². The minimum absolute atomic E-state index is 0.0411. The number of rotatable bonds is 6. The lowest BCUT2D eigenvalue weighted by Gasteiger charge is -2.23. The van der Waals surface area contributed by atoms with E-state index in [-0.39, 0.29) is 27.7 Å². The van der Waals surface area contributed by atoms with Gasteiger partial charge in [0.15, 0.2) is 32.8 Å². The van der Waals surface area contributed by atoms with Crippen LogP contribution in [0.3, 0.4) is 0 Å². The predicted molar refractivity (Wildman–Crippen MR) is 145 cm³/mol. The summed E-state index contributed by atoms with van der Waals surface area (Å²) in [5.74, 6) is -0.0522. The molecule has 39 heavy (non-hydrogen) atoms. The highest BCUT2D eigenvalue weighted by atomic mass is 32.2. The Morgan fingerprint density at radius 2 is 1.62 bits per heavy atom. The van der Waals surface area contributed by atoms with Gasteiger partial charge in [-0.2, -0.15) is 0 Å². The summed E-state index contributed by atoms with van der Waals surface area (Å²) >= 11 is 4.08. The Balaban J connectivity index is 0.000000212. The lowest BCUT2D eigenvalue weighted by molar-refractivity contribution is 0.0685. The van der Waals surface area contributed by atoms with Gasteiger partial charge in [0, 0.05) is 23.5 Å².